The number of pyridine rings is 1. The van der Waals surface area contributed by atoms with Gasteiger partial charge in [-0.25, -0.2) is 0 Å². The summed E-state index contributed by atoms with van der Waals surface area (Å²) in [5, 5.41) is 3.59. The minimum Gasteiger partial charge on any atom is -0.378 e. The molecule has 0 amide bonds. The predicted octanol–water partition coefficient (Wildman–Crippen LogP) is 4.46. The van der Waals surface area contributed by atoms with E-state index in [1.807, 2.05) is 18.5 Å². The van der Waals surface area contributed by atoms with Crippen LogP contribution in [0.25, 0.3) is 11.1 Å². The van der Waals surface area contributed by atoms with Crippen LogP contribution in [0.15, 0.2) is 73.1 Å². The van der Waals surface area contributed by atoms with E-state index in [1.165, 1.54) is 27.9 Å². The average Bonchev–Trinajstić information content (AvgIpc) is 2.99. The van der Waals surface area contributed by atoms with Crippen molar-refractivity contribution in [2.75, 3.05) is 5.32 Å². The highest BCUT2D eigenvalue weighted by atomic mass is 15.0. The molecule has 2 aromatic carbocycles. The van der Waals surface area contributed by atoms with Gasteiger partial charge in [0, 0.05) is 18.1 Å². The smallest absolute Gasteiger partial charge is 0.0570 e. The molecule has 1 aliphatic heterocycles. The maximum atomic E-state index is 4.22. The van der Waals surface area contributed by atoms with Crippen molar-refractivity contribution in [3.8, 4) is 11.1 Å². The van der Waals surface area contributed by atoms with Crippen LogP contribution in [0.5, 0.6) is 0 Å². The van der Waals surface area contributed by atoms with E-state index < -0.39 is 0 Å². The molecule has 4 rings (SSSR count). The fourth-order valence-corrected chi connectivity index (χ4v) is 2.96. The van der Waals surface area contributed by atoms with Crippen molar-refractivity contribution in [1.29, 1.82) is 0 Å². The third-order valence-corrected chi connectivity index (χ3v) is 4.05. The van der Waals surface area contributed by atoms with Crippen LogP contribution in [0, 0.1) is 0 Å². The first-order valence-corrected chi connectivity index (χ1v) is 7.25. The van der Waals surface area contributed by atoms with Gasteiger partial charge in [0.25, 0.3) is 0 Å². The van der Waals surface area contributed by atoms with Crippen molar-refractivity contribution >= 4 is 5.69 Å². The molecule has 3 aromatic rings. The summed E-state index contributed by atoms with van der Waals surface area (Å²) in [4.78, 5) is 4.22. The second-order valence-electron chi connectivity index (χ2n) is 5.43. The molecule has 2 heterocycles. The second-order valence-corrected chi connectivity index (χ2v) is 5.43. The molecule has 0 fully saturated rings. The summed E-state index contributed by atoms with van der Waals surface area (Å²) < 4.78 is 0. The van der Waals surface area contributed by atoms with Crippen molar-refractivity contribution in [1.82, 2.24) is 4.98 Å². The van der Waals surface area contributed by atoms with Crippen molar-refractivity contribution in [3.63, 3.8) is 0 Å². The molecule has 1 aromatic heterocycles. The molecule has 1 N–H and O–H groups in total. The highest BCUT2D eigenvalue weighted by Crippen LogP contribution is 2.36. The van der Waals surface area contributed by atoms with E-state index >= 15 is 0 Å². The third-order valence-electron chi connectivity index (χ3n) is 4.05. The maximum absolute atomic E-state index is 4.22. The predicted molar refractivity (Wildman–Crippen MR) is 86.2 cm³/mol. The van der Waals surface area contributed by atoms with Gasteiger partial charge in [0.1, 0.15) is 0 Å². The Hall–Kier alpha value is -2.61. The van der Waals surface area contributed by atoms with Crippen LogP contribution < -0.4 is 5.32 Å². The molecule has 0 radical (unpaired) electrons. The zero-order valence-corrected chi connectivity index (χ0v) is 11.7. The van der Waals surface area contributed by atoms with Gasteiger partial charge in [-0.3, -0.25) is 4.98 Å². The van der Waals surface area contributed by atoms with Gasteiger partial charge in [0.05, 0.1) is 6.04 Å². The lowest BCUT2D eigenvalue weighted by atomic mass is 10.00. The first-order chi connectivity index (χ1) is 10.4. The first-order valence-electron chi connectivity index (χ1n) is 7.25. The normalized spacial score (nSPS) is 16.3. The van der Waals surface area contributed by atoms with Crippen LogP contribution in [0.4, 0.5) is 5.69 Å². The van der Waals surface area contributed by atoms with Crippen LogP contribution in [0.1, 0.15) is 17.2 Å². The van der Waals surface area contributed by atoms with Gasteiger partial charge in [-0.05, 0) is 46.9 Å². The topological polar surface area (TPSA) is 24.9 Å². The summed E-state index contributed by atoms with van der Waals surface area (Å²) in [5.74, 6) is 0. The van der Waals surface area contributed by atoms with Gasteiger partial charge >= 0.3 is 0 Å². The Morgan fingerprint density at radius 2 is 1.81 bits per heavy atom. The van der Waals surface area contributed by atoms with Crippen LogP contribution in [0.2, 0.25) is 0 Å². The number of nitrogens with one attached hydrogen (secondary N) is 1. The maximum Gasteiger partial charge on any atom is 0.0570 e. The Bertz CT molecular complexity index is 751. The summed E-state index contributed by atoms with van der Waals surface area (Å²) in [6, 6.07) is 21.7. The number of hydrogen-bond donors (Lipinski definition) is 1. The van der Waals surface area contributed by atoms with E-state index in [4.69, 9.17) is 0 Å². The standard InChI is InChI=1S/C19H16N2/c1-2-5-14(6-3-1)15-8-9-18-17(11-15)12-19(21-18)16-7-4-10-20-13-16/h1-11,13,19,21H,12H2. The number of nitrogens with zero attached hydrogens (tertiary/aromatic N) is 1. The fourth-order valence-electron chi connectivity index (χ4n) is 2.96. The van der Waals surface area contributed by atoms with Crippen LogP contribution in [-0.2, 0) is 6.42 Å². The molecule has 2 nitrogen and oxygen atoms in total. The lowest BCUT2D eigenvalue weighted by Crippen LogP contribution is -2.05. The molecular formula is C19H16N2. The molecule has 0 saturated carbocycles. The number of hydrogen-bond acceptors (Lipinski definition) is 2. The molecule has 2 heteroatoms. The lowest BCUT2D eigenvalue weighted by molar-refractivity contribution is 0.818. The third kappa shape index (κ3) is 2.29. The van der Waals surface area contributed by atoms with Crippen molar-refractivity contribution in [2.45, 2.75) is 12.5 Å². The minimum absolute atomic E-state index is 0.333. The van der Waals surface area contributed by atoms with Gasteiger partial charge in [-0.2, -0.15) is 0 Å². The molecule has 1 unspecified atom stereocenters. The van der Waals surface area contributed by atoms with E-state index in [0.29, 0.717) is 6.04 Å². The SMILES string of the molecule is c1ccc(-c2ccc3c(c2)CC(c2cccnc2)N3)cc1. The molecule has 0 spiro atoms. The van der Waals surface area contributed by atoms with E-state index in [1.54, 1.807) is 0 Å². The number of aromatic nitrogens is 1. The summed E-state index contributed by atoms with van der Waals surface area (Å²) in [5.41, 5.74) is 6.41. The zero-order valence-electron chi connectivity index (χ0n) is 11.7. The number of rotatable bonds is 2. The van der Waals surface area contributed by atoms with Crippen molar-refractivity contribution in [3.05, 3.63) is 84.2 Å². The van der Waals surface area contributed by atoms with E-state index in [-0.39, 0.29) is 0 Å². The Balaban J connectivity index is 1.65. The molecule has 102 valence electrons. The van der Waals surface area contributed by atoms with Gasteiger partial charge in [0.2, 0.25) is 0 Å². The minimum atomic E-state index is 0.333. The Kier molecular flexibility index (Phi) is 2.93. The molecule has 1 atom stereocenters. The van der Waals surface area contributed by atoms with Crippen molar-refractivity contribution < 1.29 is 0 Å². The first kappa shape index (κ1) is 12.2. The van der Waals surface area contributed by atoms with Gasteiger partial charge in [-0.1, -0.05) is 42.5 Å². The monoisotopic (exact) mass is 272 g/mol. The van der Waals surface area contributed by atoms with Gasteiger partial charge < -0.3 is 5.32 Å². The van der Waals surface area contributed by atoms with E-state index in [0.717, 1.165) is 6.42 Å². The molecular weight excluding hydrogens is 256 g/mol. The van der Waals surface area contributed by atoms with Crippen LogP contribution in [0.3, 0.4) is 0 Å². The van der Waals surface area contributed by atoms with Crippen molar-refractivity contribution in [2.24, 2.45) is 0 Å². The molecule has 21 heavy (non-hydrogen) atoms. The Labute approximate surface area is 124 Å². The number of benzene rings is 2. The summed E-state index contributed by atoms with van der Waals surface area (Å²) in [6.45, 7) is 0. The second kappa shape index (κ2) is 5.06. The lowest BCUT2D eigenvalue weighted by Gasteiger charge is -2.10. The van der Waals surface area contributed by atoms with E-state index in [2.05, 4.69) is 64.9 Å². The number of fused-ring (bicyclic) bond motifs is 1. The van der Waals surface area contributed by atoms with Gasteiger partial charge in [-0.15, -0.1) is 0 Å². The highest BCUT2D eigenvalue weighted by molar-refractivity contribution is 5.70. The molecule has 0 saturated heterocycles. The summed E-state index contributed by atoms with van der Waals surface area (Å²) in [7, 11) is 0. The molecule has 1 aliphatic rings. The summed E-state index contributed by atoms with van der Waals surface area (Å²) >= 11 is 0. The van der Waals surface area contributed by atoms with E-state index in [9.17, 15) is 0 Å². The Morgan fingerprint density at radius 1 is 0.905 bits per heavy atom. The largest absolute Gasteiger partial charge is 0.378 e. The van der Waals surface area contributed by atoms with Crippen LogP contribution in [-0.4, -0.2) is 4.98 Å². The van der Waals surface area contributed by atoms with Crippen LogP contribution >= 0.6 is 0 Å². The fraction of sp³-hybridized carbons (Fsp3) is 0.105. The quantitative estimate of drug-likeness (QED) is 0.745. The summed E-state index contributed by atoms with van der Waals surface area (Å²) in [6.07, 6.45) is 4.78. The highest BCUT2D eigenvalue weighted by Gasteiger charge is 2.22. The molecule has 0 aliphatic carbocycles. The Morgan fingerprint density at radius 3 is 2.62 bits per heavy atom. The molecule has 0 bridgehead atoms. The average molecular weight is 272 g/mol. The number of anilines is 1. The zero-order chi connectivity index (χ0) is 14.1. The van der Waals surface area contributed by atoms with Gasteiger partial charge in [0.15, 0.2) is 0 Å².